The Bertz CT molecular complexity index is 361. The Morgan fingerprint density at radius 3 is 2.78 bits per heavy atom. The van der Waals surface area contributed by atoms with Crippen LogP contribution in [0.2, 0.25) is 0 Å². The Labute approximate surface area is 110 Å². The van der Waals surface area contributed by atoms with Crippen molar-refractivity contribution in [2.24, 2.45) is 0 Å². The van der Waals surface area contributed by atoms with Crippen molar-refractivity contribution in [2.75, 3.05) is 25.9 Å². The van der Waals surface area contributed by atoms with Crippen LogP contribution in [0.25, 0.3) is 0 Å². The number of nitrogens with two attached hydrogens (primary N) is 1. The minimum Gasteiger partial charge on any atom is -0.492 e. The van der Waals surface area contributed by atoms with Gasteiger partial charge in [0.15, 0.2) is 0 Å². The number of anilines is 1. The first-order chi connectivity index (χ1) is 8.75. The molecule has 0 aliphatic heterocycles. The standard InChI is InChI=1S/C15H24N2O/c1-17(14-7-3-2-4-8-14)10-11-18-15-9-5-6-13(16)12-15/h5-6,9,12,14H,2-4,7-8,10-11,16H2,1H3. The molecule has 2 N–H and O–H groups in total. The summed E-state index contributed by atoms with van der Waals surface area (Å²) in [6, 6.07) is 8.39. The number of ether oxygens (including phenoxy) is 1. The van der Waals surface area contributed by atoms with Crippen LogP contribution in [-0.2, 0) is 0 Å². The number of hydrogen-bond donors (Lipinski definition) is 1. The molecule has 0 unspecified atom stereocenters. The highest BCUT2D eigenvalue weighted by molar-refractivity contribution is 5.43. The number of nitrogen functional groups attached to an aromatic ring is 1. The van der Waals surface area contributed by atoms with Gasteiger partial charge in [0.25, 0.3) is 0 Å². The molecular weight excluding hydrogens is 224 g/mol. The summed E-state index contributed by atoms with van der Waals surface area (Å²) in [5.41, 5.74) is 6.47. The molecule has 1 aliphatic rings. The van der Waals surface area contributed by atoms with Crippen molar-refractivity contribution in [1.82, 2.24) is 4.90 Å². The Hall–Kier alpha value is -1.22. The monoisotopic (exact) mass is 248 g/mol. The molecule has 3 nitrogen and oxygen atoms in total. The molecule has 18 heavy (non-hydrogen) atoms. The summed E-state index contributed by atoms with van der Waals surface area (Å²) in [5, 5.41) is 0. The van der Waals surface area contributed by atoms with Crippen LogP contribution >= 0.6 is 0 Å². The van der Waals surface area contributed by atoms with Gasteiger partial charge in [0.1, 0.15) is 12.4 Å². The van der Waals surface area contributed by atoms with Crippen molar-refractivity contribution in [3.63, 3.8) is 0 Å². The van der Waals surface area contributed by atoms with E-state index >= 15 is 0 Å². The first-order valence-electron chi connectivity index (χ1n) is 6.94. The zero-order chi connectivity index (χ0) is 12.8. The average molecular weight is 248 g/mol. The second-order valence-electron chi connectivity index (χ2n) is 5.19. The molecule has 2 rings (SSSR count). The van der Waals surface area contributed by atoms with E-state index < -0.39 is 0 Å². The van der Waals surface area contributed by atoms with Crippen molar-refractivity contribution >= 4 is 5.69 Å². The van der Waals surface area contributed by atoms with Gasteiger partial charge in [-0.25, -0.2) is 0 Å². The van der Waals surface area contributed by atoms with Crippen molar-refractivity contribution < 1.29 is 4.74 Å². The summed E-state index contributed by atoms with van der Waals surface area (Å²) in [6.45, 7) is 1.72. The van der Waals surface area contributed by atoms with Crippen LogP contribution in [0.1, 0.15) is 32.1 Å². The van der Waals surface area contributed by atoms with Gasteiger partial charge in [-0.15, -0.1) is 0 Å². The van der Waals surface area contributed by atoms with Crippen LogP contribution in [0, 0.1) is 0 Å². The number of rotatable bonds is 5. The third-order valence-corrected chi connectivity index (χ3v) is 3.77. The zero-order valence-corrected chi connectivity index (χ0v) is 11.3. The van der Waals surface area contributed by atoms with Crippen molar-refractivity contribution in [2.45, 2.75) is 38.1 Å². The van der Waals surface area contributed by atoms with Crippen LogP contribution in [0.15, 0.2) is 24.3 Å². The molecule has 1 aromatic rings. The minimum absolute atomic E-state index is 0.733. The number of benzene rings is 1. The molecular formula is C15H24N2O. The average Bonchev–Trinajstić information content (AvgIpc) is 2.40. The van der Waals surface area contributed by atoms with Crippen LogP contribution < -0.4 is 10.5 Å². The molecule has 1 fully saturated rings. The molecule has 1 aliphatic carbocycles. The van der Waals surface area contributed by atoms with E-state index in [-0.39, 0.29) is 0 Å². The summed E-state index contributed by atoms with van der Waals surface area (Å²) in [5.74, 6) is 0.868. The van der Waals surface area contributed by atoms with Gasteiger partial charge in [0.05, 0.1) is 0 Å². The Morgan fingerprint density at radius 2 is 2.06 bits per heavy atom. The predicted molar refractivity (Wildman–Crippen MR) is 75.9 cm³/mol. The maximum Gasteiger partial charge on any atom is 0.121 e. The van der Waals surface area contributed by atoms with Gasteiger partial charge in [0.2, 0.25) is 0 Å². The van der Waals surface area contributed by atoms with Gasteiger partial charge in [-0.3, -0.25) is 0 Å². The lowest BCUT2D eigenvalue weighted by molar-refractivity contribution is 0.160. The van der Waals surface area contributed by atoms with Crippen molar-refractivity contribution in [3.8, 4) is 5.75 Å². The maximum atomic E-state index is 5.73. The van der Waals surface area contributed by atoms with E-state index in [4.69, 9.17) is 10.5 Å². The highest BCUT2D eigenvalue weighted by Crippen LogP contribution is 2.21. The molecule has 0 radical (unpaired) electrons. The quantitative estimate of drug-likeness (QED) is 0.814. The third-order valence-electron chi connectivity index (χ3n) is 3.77. The van der Waals surface area contributed by atoms with Gasteiger partial charge in [-0.05, 0) is 32.0 Å². The highest BCUT2D eigenvalue weighted by Gasteiger charge is 2.17. The second kappa shape index (κ2) is 6.64. The summed E-state index contributed by atoms with van der Waals surface area (Å²) in [6.07, 6.45) is 6.85. The van der Waals surface area contributed by atoms with Gasteiger partial charge >= 0.3 is 0 Å². The molecule has 1 saturated carbocycles. The lowest BCUT2D eigenvalue weighted by atomic mass is 9.94. The van der Waals surface area contributed by atoms with Gasteiger partial charge < -0.3 is 15.4 Å². The molecule has 0 amide bonds. The molecule has 100 valence electrons. The molecule has 0 bridgehead atoms. The number of hydrogen-bond acceptors (Lipinski definition) is 3. The first-order valence-corrected chi connectivity index (χ1v) is 6.94. The molecule has 0 atom stereocenters. The van der Waals surface area contributed by atoms with Crippen LogP contribution in [0.3, 0.4) is 0 Å². The zero-order valence-electron chi connectivity index (χ0n) is 11.3. The fourth-order valence-corrected chi connectivity index (χ4v) is 2.62. The lowest BCUT2D eigenvalue weighted by Gasteiger charge is -2.31. The number of nitrogens with zero attached hydrogens (tertiary/aromatic N) is 1. The summed E-state index contributed by atoms with van der Waals surface area (Å²) in [7, 11) is 2.21. The second-order valence-corrected chi connectivity index (χ2v) is 5.19. The van der Waals surface area contributed by atoms with E-state index in [1.54, 1.807) is 0 Å². The SMILES string of the molecule is CN(CCOc1cccc(N)c1)C1CCCCC1. The first kappa shape index (κ1) is 13.2. The molecule has 1 aromatic carbocycles. The fourth-order valence-electron chi connectivity index (χ4n) is 2.62. The number of likely N-dealkylation sites (N-methyl/N-ethyl adjacent to an activating group) is 1. The fraction of sp³-hybridized carbons (Fsp3) is 0.600. The maximum absolute atomic E-state index is 5.73. The van der Waals surface area contributed by atoms with E-state index in [9.17, 15) is 0 Å². The van der Waals surface area contributed by atoms with Crippen LogP contribution in [0.5, 0.6) is 5.75 Å². The van der Waals surface area contributed by atoms with Gasteiger partial charge in [0, 0.05) is 24.3 Å². The Morgan fingerprint density at radius 1 is 1.28 bits per heavy atom. The largest absolute Gasteiger partial charge is 0.492 e. The lowest BCUT2D eigenvalue weighted by Crippen LogP contribution is -2.36. The smallest absolute Gasteiger partial charge is 0.121 e. The van der Waals surface area contributed by atoms with E-state index in [0.29, 0.717) is 0 Å². The summed E-state index contributed by atoms with van der Waals surface area (Å²) < 4.78 is 5.73. The normalized spacial score (nSPS) is 17.0. The van der Waals surface area contributed by atoms with Gasteiger partial charge in [-0.2, -0.15) is 0 Å². The van der Waals surface area contributed by atoms with Crippen molar-refractivity contribution in [3.05, 3.63) is 24.3 Å². The highest BCUT2D eigenvalue weighted by atomic mass is 16.5. The molecule has 0 saturated heterocycles. The van der Waals surface area contributed by atoms with Crippen LogP contribution in [0.4, 0.5) is 5.69 Å². The van der Waals surface area contributed by atoms with Crippen LogP contribution in [-0.4, -0.2) is 31.1 Å². The van der Waals surface area contributed by atoms with E-state index in [0.717, 1.165) is 30.6 Å². The molecule has 3 heteroatoms. The van der Waals surface area contributed by atoms with E-state index in [1.165, 1.54) is 32.1 Å². The van der Waals surface area contributed by atoms with E-state index in [2.05, 4.69) is 11.9 Å². The summed E-state index contributed by atoms with van der Waals surface area (Å²) >= 11 is 0. The third kappa shape index (κ3) is 3.91. The predicted octanol–water partition coefficient (Wildman–Crippen LogP) is 2.91. The summed E-state index contributed by atoms with van der Waals surface area (Å²) in [4.78, 5) is 2.44. The Kier molecular flexibility index (Phi) is 4.88. The Balaban J connectivity index is 1.71. The molecule has 0 aromatic heterocycles. The topological polar surface area (TPSA) is 38.5 Å². The van der Waals surface area contributed by atoms with Gasteiger partial charge in [-0.1, -0.05) is 25.3 Å². The van der Waals surface area contributed by atoms with Crippen molar-refractivity contribution in [1.29, 1.82) is 0 Å². The van der Waals surface area contributed by atoms with E-state index in [1.807, 2.05) is 24.3 Å². The molecule has 0 spiro atoms. The molecule has 0 heterocycles. The minimum atomic E-state index is 0.733.